The zero-order valence-electron chi connectivity index (χ0n) is 14.2. The van der Waals surface area contributed by atoms with Gasteiger partial charge in [-0.15, -0.1) is 11.3 Å². The van der Waals surface area contributed by atoms with Crippen LogP contribution in [0.3, 0.4) is 0 Å². The summed E-state index contributed by atoms with van der Waals surface area (Å²) in [7, 11) is 3.48. The monoisotopic (exact) mass is 331 g/mol. The number of nitrogens with zero attached hydrogens (tertiary/aromatic N) is 1. The van der Waals surface area contributed by atoms with Crippen LogP contribution >= 0.6 is 11.3 Å². The van der Waals surface area contributed by atoms with E-state index < -0.39 is 0 Å². The SMILES string of the molecule is CN=C(NCc1cccs1)NCC(C)(C)c1ccc(OC)cc1. The lowest BCUT2D eigenvalue weighted by Gasteiger charge is -2.27. The molecule has 0 aliphatic rings. The van der Waals surface area contributed by atoms with Gasteiger partial charge in [-0.1, -0.05) is 32.0 Å². The molecule has 0 atom stereocenters. The standard InChI is InChI=1S/C18H25N3OS/c1-18(2,14-7-9-15(22-4)10-8-14)13-21-17(19-3)20-12-16-6-5-11-23-16/h5-11H,12-13H2,1-4H3,(H2,19,20,21). The Labute approximate surface area is 142 Å². The fourth-order valence-electron chi connectivity index (χ4n) is 2.25. The lowest BCUT2D eigenvalue weighted by atomic mass is 9.84. The Kier molecular flexibility index (Phi) is 6.04. The third-order valence-corrected chi connectivity index (χ3v) is 4.68. The van der Waals surface area contributed by atoms with E-state index in [0.717, 1.165) is 24.8 Å². The highest BCUT2D eigenvalue weighted by Gasteiger charge is 2.21. The predicted molar refractivity (Wildman–Crippen MR) is 98.5 cm³/mol. The van der Waals surface area contributed by atoms with E-state index in [1.807, 2.05) is 12.1 Å². The fourth-order valence-corrected chi connectivity index (χ4v) is 2.90. The normalized spacial score (nSPS) is 12.1. The summed E-state index contributed by atoms with van der Waals surface area (Å²) < 4.78 is 5.22. The molecule has 4 nitrogen and oxygen atoms in total. The number of ether oxygens (including phenoxy) is 1. The largest absolute Gasteiger partial charge is 0.497 e. The van der Waals surface area contributed by atoms with Gasteiger partial charge in [-0.05, 0) is 29.1 Å². The van der Waals surface area contributed by atoms with Gasteiger partial charge in [0.05, 0.1) is 13.7 Å². The van der Waals surface area contributed by atoms with Gasteiger partial charge in [0, 0.05) is 23.9 Å². The van der Waals surface area contributed by atoms with E-state index in [2.05, 4.69) is 59.1 Å². The second-order valence-corrected chi connectivity index (χ2v) is 7.00. The van der Waals surface area contributed by atoms with E-state index in [4.69, 9.17) is 4.74 Å². The molecule has 0 fully saturated rings. The highest BCUT2D eigenvalue weighted by Crippen LogP contribution is 2.24. The molecule has 124 valence electrons. The molecule has 23 heavy (non-hydrogen) atoms. The second-order valence-electron chi connectivity index (χ2n) is 5.97. The van der Waals surface area contributed by atoms with Crippen LogP contribution in [-0.4, -0.2) is 26.7 Å². The number of thiophene rings is 1. The van der Waals surface area contributed by atoms with Crippen molar-refractivity contribution in [2.75, 3.05) is 20.7 Å². The predicted octanol–water partition coefficient (Wildman–Crippen LogP) is 3.40. The van der Waals surface area contributed by atoms with Crippen molar-refractivity contribution in [3.8, 4) is 5.75 Å². The quantitative estimate of drug-likeness (QED) is 0.630. The molecular weight excluding hydrogens is 306 g/mol. The van der Waals surface area contributed by atoms with Crippen molar-refractivity contribution >= 4 is 17.3 Å². The minimum atomic E-state index is -0.00712. The third kappa shape index (κ3) is 4.99. The van der Waals surface area contributed by atoms with Crippen LogP contribution in [0.4, 0.5) is 0 Å². The summed E-state index contributed by atoms with van der Waals surface area (Å²) in [5.74, 6) is 1.70. The molecular formula is C18H25N3OS. The van der Waals surface area contributed by atoms with Crippen LogP contribution in [0.15, 0.2) is 46.8 Å². The molecule has 1 aromatic carbocycles. The van der Waals surface area contributed by atoms with E-state index in [0.29, 0.717) is 0 Å². The maximum atomic E-state index is 5.22. The maximum Gasteiger partial charge on any atom is 0.191 e. The van der Waals surface area contributed by atoms with E-state index >= 15 is 0 Å². The van der Waals surface area contributed by atoms with Crippen molar-refractivity contribution in [1.29, 1.82) is 0 Å². The molecule has 0 amide bonds. The Morgan fingerprint density at radius 3 is 2.48 bits per heavy atom. The number of guanidine groups is 1. The topological polar surface area (TPSA) is 45.7 Å². The minimum absolute atomic E-state index is 0.00712. The third-order valence-electron chi connectivity index (χ3n) is 3.80. The molecule has 0 bridgehead atoms. The Balaban J connectivity index is 1.90. The van der Waals surface area contributed by atoms with Crippen LogP contribution in [0.25, 0.3) is 0 Å². The fraction of sp³-hybridized carbons (Fsp3) is 0.389. The van der Waals surface area contributed by atoms with Crippen molar-refractivity contribution in [1.82, 2.24) is 10.6 Å². The summed E-state index contributed by atoms with van der Waals surface area (Å²) in [4.78, 5) is 5.58. The molecule has 0 aliphatic heterocycles. The average molecular weight is 331 g/mol. The number of rotatable bonds is 6. The molecule has 0 saturated carbocycles. The molecule has 1 aromatic heterocycles. The van der Waals surface area contributed by atoms with Crippen LogP contribution in [0.1, 0.15) is 24.3 Å². The first-order chi connectivity index (χ1) is 11.0. The van der Waals surface area contributed by atoms with Crippen molar-refractivity contribution < 1.29 is 4.74 Å². The van der Waals surface area contributed by atoms with Gasteiger partial charge < -0.3 is 15.4 Å². The summed E-state index contributed by atoms with van der Waals surface area (Å²) in [6.45, 7) is 6.02. The highest BCUT2D eigenvalue weighted by molar-refractivity contribution is 7.09. The van der Waals surface area contributed by atoms with Gasteiger partial charge in [0.2, 0.25) is 0 Å². The van der Waals surface area contributed by atoms with Gasteiger partial charge in [-0.3, -0.25) is 4.99 Å². The summed E-state index contributed by atoms with van der Waals surface area (Å²) in [5, 5.41) is 8.84. The van der Waals surface area contributed by atoms with Crippen LogP contribution < -0.4 is 15.4 Å². The van der Waals surface area contributed by atoms with E-state index in [-0.39, 0.29) is 5.41 Å². The molecule has 2 aromatic rings. The van der Waals surface area contributed by atoms with Crippen molar-refractivity contribution in [3.05, 3.63) is 52.2 Å². The average Bonchev–Trinajstić information content (AvgIpc) is 3.08. The molecule has 5 heteroatoms. The number of aliphatic imine (C=N–C) groups is 1. The highest BCUT2D eigenvalue weighted by atomic mass is 32.1. The molecule has 1 heterocycles. The van der Waals surface area contributed by atoms with Gasteiger partial charge in [-0.25, -0.2) is 0 Å². The van der Waals surface area contributed by atoms with Crippen molar-refractivity contribution in [2.24, 2.45) is 4.99 Å². The molecule has 2 N–H and O–H groups in total. The van der Waals surface area contributed by atoms with Crippen molar-refractivity contribution in [2.45, 2.75) is 25.8 Å². The zero-order valence-corrected chi connectivity index (χ0v) is 15.0. The summed E-state index contributed by atoms with van der Waals surface area (Å²) >= 11 is 1.74. The second kappa shape index (κ2) is 8.02. The molecule has 0 aliphatic carbocycles. The minimum Gasteiger partial charge on any atom is -0.497 e. The van der Waals surface area contributed by atoms with Gasteiger partial charge in [0.25, 0.3) is 0 Å². The van der Waals surface area contributed by atoms with Gasteiger partial charge in [-0.2, -0.15) is 0 Å². The molecule has 2 rings (SSSR count). The van der Waals surface area contributed by atoms with Crippen LogP contribution in [-0.2, 0) is 12.0 Å². The molecule has 0 saturated heterocycles. The number of nitrogens with one attached hydrogen (secondary N) is 2. The summed E-state index contributed by atoms with van der Waals surface area (Å²) in [6, 6.07) is 12.4. The number of hydrogen-bond acceptors (Lipinski definition) is 3. The van der Waals surface area contributed by atoms with Gasteiger partial charge >= 0.3 is 0 Å². The van der Waals surface area contributed by atoms with E-state index in [1.165, 1.54) is 10.4 Å². The van der Waals surface area contributed by atoms with Crippen LogP contribution in [0, 0.1) is 0 Å². The first-order valence-electron chi connectivity index (χ1n) is 7.66. The Bertz CT molecular complexity index is 618. The molecule has 0 radical (unpaired) electrons. The van der Waals surface area contributed by atoms with E-state index in [1.54, 1.807) is 25.5 Å². The van der Waals surface area contributed by atoms with E-state index in [9.17, 15) is 0 Å². The smallest absolute Gasteiger partial charge is 0.191 e. The Morgan fingerprint density at radius 2 is 1.91 bits per heavy atom. The van der Waals surface area contributed by atoms with Gasteiger partial charge in [0.1, 0.15) is 5.75 Å². The van der Waals surface area contributed by atoms with Crippen molar-refractivity contribution in [3.63, 3.8) is 0 Å². The Hall–Kier alpha value is -2.01. The van der Waals surface area contributed by atoms with Crippen LogP contribution in [0.5, 0.6) is 5.75 Å². The molecule has 0 spiro atoms. The van der Waals surface area contributed by atoms with Gasteiger partial charge in [0.15, 0.2) is 5.96 Å². The summed E-state index contributed by atoms with van der Waals surface area (Å²) in [6.07, 6.45) is 0. The number of benzene rings is 1. The lowest BCUT2D eigenvalue weighted by Crippen LogP contribution is -2.43. The first kappa shape index (κ1) is 17.3. The first-order valence-corrected chi connectivity index (χ1v) is 8.54. The number of methoxy groups -OCH3 is 1. The molecule has 0 unspecified atom stereocenters. The Morgan fingerprint density at radius 1 is 1.17 bits per heavy atom. The maximum absolute atomic E-state index is 5.22. The zero-order chi connectivity index (χ0) is 16.7. The number of hydrogen-bond donors (Lipinski definition) is 2. The summed E-state index contributed by atoms with van der Waals surface area (Å²) in [5.41, 5.74) is 1.26. The lowest BCUT2D eigenvalue weighted by molar-refractivity contribution is 0.414. The van der Waals surface area contributed by atoms with Crippen LogP contribution in [0.2, 0.25) is 0 Å².